The molecule has 0 unspecified atom stereocenters. The van der Waals surface area contributed by atoms with E-state index in [0.29, 0.717) is 23.9 Å². The van der Waals surface area contributed by atoms with Crippen LogP contribution < -0.4 is 0 Å². The number of nitrogens with one attached hydrogen (secondary N) is 1. The zero-order chi connectivity index (χ0) is 17.3. The zero-order valence-corrected chi connectivity index (χ0v) is 14.6. The van der Waals surface area contributed by atoms with Gasteiger partial charge in [-0.2, -0.15) is 9.40 Å². The van der Waals surface area contributed by atoms with E-state index < -0.39 is 10.0 Å². The zero-order valence-electron chi connectivity index (χ0n) is 13.7. The molecule has 1 saturated heterocycles. The maximum absolute atomic E-state index is 12.9. The first-order valence-corrected chi connectivity index (χ1v) is 9.81. The first-order valence-electron chi connectivity index (χ1n) is 8.37. The first-order chi connectivity index (χ1) is 12.1. The van der Waals surface area contributed by atoms with E-state index in [0.717, 1.165) is 24.1 Å². The monoisotopic (exact) mass is 356 g/mol. The van der Waals surface area contributed by atoms with Gasteiger partial charge in [-0.05, 0) is 60.7 Å². The summed E-state index contributed by atoms with van der Waals surface area (Å²) in [5, 5.41) is 6.81. The van der Waals surface area contributed by atoms with E-state index in [2.05, 4.69) is 10.2 Å². The van der Waals surface area contributed by atoms with Gasteiger partial charge >= 0.3 is 0 Å². The fourth-order valence-electron chi connectivity index (χ4n) is 3.36. The lowest BCUT2D eigenvalue weighted by atomic mass is 9.93. The largest absolute Gasteiger partial charge is 0.324 e. The molecular weight excluding hydrogens is 336 g/mol. The van der Waals surface area contributed by atoms with Gasteiger partial charge in [-0.1, -0.05) is 0 Å². The third-order valence-corrected chi connectivity index (χ3v) is 6.73. The summed E-state index contributed by atoms with van der Waals surface area (Å²) >= 11 is 0. The molecule has 3 aromatic rings. The van der Waals surface area contributed by atoms with Gasteiger partial charge in [0.1, 0.15) is 0 Å². The molecule has 1 aliphatic rings. The summed E-state index contributed by atoms with van der Waals surface area (Å²) in [6, 6.07) is 10.9. The van der Waals surface area contributed by atoms with Crippen LogP contribution in [-0.4, -0.2) is 40.6 Å². The lowest BCUT2D eigenvalue weighted by Gasteiger charge is -2.30. The summed E-state index contributed by atoms with van der Waals surface area (Å²) in [5.41, 5.74) is 2.11. The second-order valence-electron chi connectivity index (χ2n) is 6.29. The molecule has 1 fully saturated rings. The normalized spacial score (nSPS) is 17.0. The molecule has 0 amide bonds. The highest BCUT2D eigenvalue weighted by Crippen LogP contribution is 2.30. The molecule has 0 saturated carbocycles. The molecule has 1 N–H and O–H groups in total. The second kappa shape index (κ2) is 6.50. The van der Waals surface area contributed by atoms with Crippen LogP contribution in [0.5, 0.6) is 0 Å². The Morgan fingerprint density at radius 1 is 1.04 bits per heavy atom. The molecule has 130 valence electrons. The summed E-state index contributed by atoms with van der Waals surface area (Å²) in [4.78, 5) is 0.352. The number of piperidine rings is 1. The van der Waals surface area contributed by atoms with Crippen molar-refractivity contribution in [1.29, 1.82) is 0 Å². The van der Waals surface area contributed by atoms with Crippen molar-refractivity contribution in [3.63, 3.8) is 0 Å². The van der Waals surface area contributed by atoms with Gasteiger partial charge in [0, 0.05) is 37.4 Å². The Labute approximate surface area is 147 Å². The van der Waals surface area contributed by atoms with Crippen LogP contribution in [0.2, 0.25) is 0 Å². The Bertz CT molecular complexity index is 908. The minimum atomic E-state index is -3.44. The van der Waals surface area contributed by atoms with Crippen molar-refractivity contribution in [2.24, 2.45) is 0 Å². The van der Waals surface area contributed by atoms with E-state index in [4.69, 9.17) is 0 Å². The summed E-state index contributed by atoms with van der Waals surface area (Å²) in [6.45, 7) is 1.08. The van der Waals surface area contributed by atoms with Crippen LogP contribution in [0.3, 0.4) is 0 Å². The fraction of sp³-hybridized carbons (Fsp3) is 0.278. The Kier molecular flexibility index (Phi) is 4.19. The predicted molar refractivity (Wildman–Crippen MR) is 95.1 cm³/mol. The molecule has 0 radical (unpaired) electrons. The van der Waals surface area contributed by atoms with E-state index in [-0.39, 0.29) is 0 Å². The summed E-state index contributed by atoms with van der Waals surface area (Å²) < 4.78 is 29.3. The minimum Gasteiger partial charge on any atom is -0.324 e. The smallest absolute Gasteiger partial charge is 0.243 e. The van der Waals surface area contributed by atoms with Crippen LogP contribution in [0.15, 0.2) is 66.1 Å². The van der Waals surface area contributed by atoms with Crippen LogP contribution >= 0.6 is 0 Å². The van der Waals surface area contributed by atoms with Crippen molar-refractivity contribution >= 4 is 10.0 Å². The van der Waals surface area contributed by atoms with Gasteiger partial charge in [-0.25, -0.2) is 8.42 Å². The molecule has 0 spiro atoms. The Morgan fingerprint density at radius 2 is 1.72 bits per heavy atom. The molecule has 1 aliphatic heterocycles. The predicted octanol–water partition coefficient (Wildman–Crippen LogP) is 2.77. The van der Waals surface area contributed by atoms with Crippen LogP contribution in [0.1, 0.15) is 24.3 Å². The van der Waals surface area contributed by atoms with Crippen molar-refractivity contribution in [3.05, 3.63) is 66.7 Å². The number of rotatable bonds is 4. The molecule has 0 bridgehead atoms. The minimum absolute atomic E-state index is 0.352. The number of hydrogen-bond donors (Lipinski definition) is 1. The summed E-state index contributed by atoms with van der Waals surface area (Å²) in [5.74, 6) is 0.376. The highest BCUT2D eigenvalue weighted by Gasteiger charge is 2.30. The number of aromatic nitrogens is 3. The highest BCUT2D eigenvalue weighted by atomic mass is 32.2. The standard InChI is InChI=1S/C18H20N4O2S/c23-25(24,18-5-3-17(4-6-18)21-9-1-2-10-21)22-11-7-15(8-12-22)16-13-19-20-14-16/h1-6,9-10,13-15H,7-8,11-12H2,(H,19,20). The molecule has 3 heterocycles. The number of sulfonamides is 1. The Morgan fingerprint density at radius 3 is 2.32 bits per heavy atom. The van der Waals surface area contributed by atoms with E-state index in [9.17, 15) is 8.42 Å². The average molecular weight is 356 g/mol. The van der Waals surface area contributed by atoms with E-state index in [1.54, 1.807) is 16.4 Å². The Hall–Kier alpha value is -2.38. The molecule has 4 rings (SSSR count). The van der Waals surface area contributed by atoms with Gasteiger partial charge in [0.2, 0.25) is 10.0 Å². The number of hydrogen-bond acceptors (Lipinski definition) is 3. The van der Waals surface area contributed by atoms with Crippen molar-refractivity contribution in [2.75, 3.05) is 13.1 Å². The number of nitrogens with zero attached hydrogens (tertiary/aromatic N) is 3. The van der Waals surface area contributed by atoms with Crippen molar-refractivity contribution < 1.29 is 8.42 Å². The fourth-order valence-corrected chi connectivity index (χ4v) is 4.83. The SMILES string of the molecule is O=S(=O)(c1ccc(-n2cccc2)cc1)N1CCC(c2cn[nH]c2)CC1. The van der Waals surface area contributed by atoms with Gasteiger partial charge in [-0.3, -0.25) is 5.10 Å². The molecule has 7 heteroatoms. The highest BCUT2D eigenvalue weighted by molar-refractivity contribution is 7.89. The number of benzene rings is 1. The maximum atomic E-state index is 12.9. The number of aromatic amines is 1. The molecule has 1 aromatic carbocycles. The molecule has 0 atom stereocenters. The molecule has 0 aliphatic carbocycles. The van der Waals surface area contributed by atoms with Crippen LogP contribution in [0.25, 0.3) is 5.69 Å². The van der Waals surface area contributed by atoms with Crippen molar-refractivity contribution in [1.82, 2.24) is 19.1 Å². The van der Waals surface area contributed by atoms with Gasteiger partial charge in [0.15, 0.2) is 0 Å². The van der Waals surface area contributed by atoms with E-state index >= 15 is 0 Å². The van der Waals surface area contributed by atoms with Gasteiger partial charge < -0.3 is 4.57 Å². The first kappa shape index (κ1) is 16.1. The van der Waals surface area contributed by atoms with Gasteiger partial charge in [0.05, 0.1) is 11.1 Å². The van der Waals surface area contributed by atoms with Crippen LogP contribution in [0.4, 0.5) is 0 Å². The number of H-pyrrole nitrogens is 1. The third kappa shape index (κ3) is 3.12. The van der Waals surface area contributed by atoms with E-state index in [1.165, 1.54) is 0 Å². The van der Waals surface area contributed by atoms with Gasteiger partial charge in [0.25, 0.3) is 0 Å². The van der Waals surface area contributed by atoms with Gasteiger partial charge in [-0.15, -0.1) is 0 Å². The lowest BCUT2D eigenvalue weighted by Crippen LogP contribution is -2.37. The van der Waals surface area contributed by atoms with Crippen molar-refractivity contribution in [3.8, 4) is 5.69 Å². The second-order valence-corrected chi connectivity index (χ2v) is 8.23. The molecular formula is C18H20N4O2S. The quantitative estimate of drug-likeness (QED) is 0.781. The maximum Gasteiger partial charge on any atom is 0.243 e. The topological polar surface area (TPSA) is 71.0 Å². The molecule has 2 aromatic heterocycles. The molecule has 25 heavy (non-hydrogen) atoms. The summed E-state index contributed by atoms with van der Waals surface area (Å²) in [6.07, 6.45) is 9.23. The Balaban J connectivity index is 1.48. The van der Waals surface area contributed by atoms with Crippen LogP contribution in [-0.2, 0) is 10.0 Å². The lowest BCUT2D eigenvalue weighted by molar-refractivity contribution is 0.319. The third-order valence-electron chi connectivity index (χ3n) is 4.82. The van der Waals surface area contributed by atoms with Crippen molar-refractivity contribution in [2.45, 2.75) is 23.7 Å². The van der Waals surface area contributed by atoms with Crippen LogP contribution in [0, 0.1) is 0 Å². The average Bonchev–Trinajstić information content (AvgIpc) is 3.36. The molecule has 6 nitrogen and oxygen atoms in total. The van der Waals surface area contributed by atoms with E-state index in [1.807, 2.05) is 53.6 Å². The summed E-state index contributed by atoms with van der Waals surface area (Å²) in [7, 11) is -3.44.